The Balaban J connectivity index is 2.35. The van der Waals surface area contributed by atoms with Gasteiger partial charge in [0.2, 0.25) is 0 Å². The molecule has 18 heavy (non-hydrogen) atoms. The van der Waals surface area contributed by atoms with Gasteiger partial charge in [-0.3, -0.25) is 0 Å². The van der Waals surface area contributed by atoms with Gasteiger partial charge in [0.25, 0.3) is 0 Å². The summed E-state index contributed by atoms with van der Waals surface area (Å²) in [5, 5.41) is 3.76. The minimum absolute atomic E-state index is 0.793. The summed E-state index contributed by atoms with van der Waals surface area (Å²) in [7, 11) is 0. The molecule has 0 amide bonds. The van der Waals surface area contributed by atoms with Crippen LogP contribution in [0.2, 0.25) is 0 Å². The van der Waals surface area contributed by atoms with E-state index in [4.69, 9.17) is 0 Å². The first-order valence-electron chi connectivity index (χ1n) is 8.42. The Morgan fingerprint density at radius 2 is 1.78 bits per heavy atom. The molecule has 4 unspecified atom stereocenters. The third-order valence-corrected chi connectivity index (χ3v) is 5.04. The topological polar surface area (TPSA) is 12.0 Å². The molecule has 1 rings (SSSR count). The summed E-state index contributed by atoms with van der Waals surface area (Å²) in [6.45, 7) is 10.6. The average molecular weight is 253 g/mol. The molecule has 0 spiro atoms. The Labute approximate surface area is 115 Å². The number of hydrogen-bond donors (Lipinski definition) is 1. The predicted octanol–water partition coefficient (Wildman–Crippen LogP) is 5.01. The molecule has 0 saturated heterocycles. The highest BCUT2D eigenvalue weighted by atomic mass is 14.9. The summed E-state index contributed by atoms with van der Waals surface area (Å²) in [6, 6.07) is 0.793. The molecule has 0 aromatic rings. The van der Waals surface area contributed by atoms with E-state index in [1.54, 1.807) is 0 Å². The average Bonchev–Trinajstić information content (AvgIpc) is 2.37. The first-order chi connectivity index (χ1) is 8.69. The van der Waals surface area contributed by atoms with Gasteiger partial charge >= 0.3 is 0 Å². The highest BCUT2D eigenvalue weighted by Crippen LogP contribution is 2.36. The van der Waals surface area contributed by atoms with Crippen molar-refractivity contribution in [2.45, 2.75) is 85.1 Å². The van der Waals surface area contributed by atoms with Crippen molar-refractivity contribution >= 4 is 0 Å². The molecule has 0 aromatic carbocycles. The zero-order chi connectivity index (χ0) is 13.4. The molecule has 1 heteroatoms. The number of rotatable bonds is 8. The zero-order valence-electron chi connectivity index (χ0n) is 13.2. The van der Waals surface area contributed by atoms with Crippen LogP contribution < -0.4 is 5.32 Å². The standard InChI is InChI=1S/C17H35N/c1-5-7-8-9-10-17(18-6-2)16-12-11-14(3)15(4)13-16/h14-18H,5-13H2,1-4H3. The van der Waals surface area contributed by atoms with Gasteiger partial charge in [0.1, 0.15) is 0 Å². The second-order valence-corrected chi connectivity index (χ2v) is 6.54. The Hall–Kier alpha value is -0.0400. The maximum Gasteiger partial charge on any atom is 0.00953 e. The van der Waals surface area contributed by atoms with Gasteiger partial charge in [-0.1, -0.05) is 59.8 Å². The van der Waals surface area contributed by atoms with Crippen molar-refractivity contribution in [3.63, 3.8) is 0 Å². The summed E-state index contributed by atoms with van der Waals surface area (Å²) in [6.07, 6.45) is 11.4. The van der Waals surface area contributed by atoms with Crippen LogP contribution in [0.15, 0.2) is 0 Å². The van der Waals surface area contributed by atoms with Crippen LogP contribution in [-0.4, -0.2) is 12.6 Å². The number of hydrogen-bond acceptors (Lipinski definition) is 1. The molecule has 0 radical (unpaired) electrons. The van der Waals surface area contributed by atoms with Crippen LogP contribution in [0.5, 0.6) is 0 Å². The Morgan fingerprint density at radius 3 is 2.39 bits per heavy atom. The van der Waals surface area contributed by atoms with E-state index in [2.05, 4.69) is 33.0 Å². The monoisotopic (exact) mass is 253 g/mol. The lowest BCUT2D eigenvalue weighted by Gasteiger charge is -2.37. The van der Waals surface area contributed by atoms with E-state index < -0.39 is 0 Å². The van der Waals surface area contributed by atoms with Gasteiger partial charge in [-0.05, 0) is 43.6 Å². The third-order valence-electron chi connectivity index (χ3n) is 5.04. The van der Waals surface area contributed by atoms with E-state index >= 15 is 0 Å². The van der Waals surface area contributed by atoms with E-state index in [1.165, 1.54) is 51.4 Å². The van der Waals surface area contributed by atoms with Crippen LogP contribution in [-0.2, 0) is 0 Å². The van der Waals surface area contributed by atoms with Crippen LogP contribution >= 0.6 is 0 Å². The number of nitrogens with one attached hydrogen (secondary N) is 1. The lowest BCUT2D eigenvalue weighted by molar-refractivity contribution is 0.165. The van der Waals surface area contributed by atoms with E-state index in [1.807, 2.05) is 0 Å². The summed E-state index contributed by atoms with van der Waals surface area (Å²) < 4.78 is 0. The van der Waals surface area contributed by atoms with Gasteiger partial charge in [-0.15, -0.1) is 0 Å². The summed E-state index contributed by atoms with van der Waals surface area (Å²) >= 11 is 0. The first kappa shape index (κ1) is 16.0. The smallest absolute Gasteiger partial charge is 0.00953 e. The summed E-state index contributed by atoms with van der Waals surface area (Å²) in [5.41, 5.74) is 0. The second-order valence-electron chi connectivity index (χ2n) is 6.54. The van der Waals surface area contributed by atoms with Crippen molar-refractivity contribution in [3.8, 4) is 0 Å². The maximum absolute atomic E-state index is 3.76. The fraction of sp³-hybridized carbons (Fsp3) is 1.00. The van der Waals surface area contributed by atoms with Crippen LogP contribution in [0, 0.1) is 17.8 Å². The Bertz CT molecular complexity index is 202. The molecular formula is C17H35N. The Kier molecular flexibility index (Phi) is 7.97. The molecule has 1 aliphatic carbocycles. The Morgan fingerprint density at radius 1 is 1.00 bits per heavy atom. The number of unbranched alkanes of at least 4 members (excludes halogenated alkanes) is 3. The highest BCUT2D eigenvalue weighted by Gasteiger charge is 2.29. The van der Waals surface area contributed by atoms with Gasteiger partial charge in [-0.2, -0.15) is 0 Å². The van der Waals surface area contributed by atoms with Gasteiger partial charge < -0.3 is 5.32 Å². The van der Waals surface area contributed by atoms with Gasteiger partial charge in [0.15, 0.2) is 0 Å². The normalized spacial score (nSPS) is 30.3. The quantitative estimate of drug-likeness (QED) is 0.600. The molecule has 4 atom stereocenters. The predicted molar refractivity (Wildman–Crippen MR) is 81.9 cm³/mol. The van der Waals surface area contributed by atoms with E-state index in [-0.39, 0.29) is 0 Å². The van der Waals surface area contributed by atoms with Crippen LogP contribution in [0.1, 0.15) is 79.1 Å². The summed E-state index contributed by atoms with van der Waals surface area (Å²) in [5.74, 6) is 2.82. The van der Waals surface area contributed by atoms with Crippen molar-refractivity contribution in [3.05, 3.63) is 0 Å². The minimum atomic E-state index is 0.793. The fourth-order valence-electron chi connectivity index (χ4n) is 3.51. The van der Waals surface area contributed by atoms with E-state index in [0.717, 1.165) is 30.3 Å². The van der Waals surface area contributed by atoms with Crippen LogP contribution in [0.3, 0.4) is 0 Å². The molecule has 0 aliphatic heterocycles. The lowest BCUT2D eigenvalue weighted by Crippen LogP contribution is -2.39. The van der Waals surface area contributed by atoms with Crippen molar-refractivity contribution in [1.29, 1.82) is 0 Å². The molecule has 1 N–H and O–H groups in total. The molecule has 0 bridgehead atoms. The molecule has 1 fully saturated rings. The molecular weight excluding hydrogens is 218 g/mol. The van der Waals surface area contributed by atoms with Gasteiger partial charge in [0, 0.05) is 6.04 Å². The second kappa shape index (κ2) is 8.96. The first-order valence-corrected chi connectivity index (χ1v) is 8.42. The lowest BCUT2D eigenvalue weighted by atomic mass is 9.72. The third kappa shape index (κ3) is 5.30. The zero-order valence-corrected chi connectivity index (χ0v) is 13.2. The molecule has 1 aliphatic rings. The van der Waals surface area contributed by atoms with E-state index in [0.29, 0.717) is 0 Å². The molecule has 0 aromatic heterocycles. The minimum Gasteiger partial charge on any atom is -0.314 e. The highest BCUT2D eigenvalue weighted by molar-refractivity contribution is 4.83. The molecule has 0 heterocycles. The largest absolute Gasteiger partial charge is 0.314 e. The maximum atomic E-state index is 3.76. The molecule has 1 nitrogen and oxygen atoms in total. The van der Waals surface area contributed by atoms with Crippen molar-refractivity contribution < 1.29 is 0 Å². The molecule has 108 valence electrons. The molecule has 1 saturated carbocycles. The van der Waals surface area contributed by atoms with E-state index in [9.17, 15) is 0 Å². The van der Waals surface area contributed by atoms with Gasteiger partial charge in [0.05, 0.1) is 0 Å². The van der Waals surface area contributed by atoms with Gasteiger partial charge in [-0.25, -0.2) is 0 Å². The van der Waals surface area contributed by atoms with Crippen molar-refractivity contribution in [1.82, 2.24) is 5.32 Å². The summed E-state index contributed by atoms with van der Waals surface area (Å²) in [4.78, 5) is 0. The van der Waals surface area contributed by atoms with Crippen LogP contribution in [0.25, 0.3) is 0 Å². The SMILES string of the molecule is CCCCCCC(NCC)C1CCC(C)C(C)C1. The van der Waals surface area contributed by atoms with Crippen molar-refractivity contribution in [2.75, 3.05) is 6.54 Å². The van der Waals surface area contributed by atoms with Crippen molar-refractivity contribution in [2.24, 2.45) is 17.8 Å². The fourth-order valence-corrected chi connectivity index (χ4v) is 3.51. The van der Waals surface area contributed by atoms with Crippen LogP contribution in [0.4, 0.5) is 0 Å².